The minimum absolute atomic E-state index is 0.0186. The van der Waals surface area contributed by atoms with Crippen LogP contribution in [0.3, 0.4) is 0 Å². The molecule has 0 N–H and O–H groups in total. The summed E-state index contributed by atoms with van der Waals surface area (Å²) < 4.78 is 5.66. The molecule has 1 aromatic rings. The van der Waals surface area contributed by atoms with Crippen molar-refractivity contribution in [3.63, 3.8) is 0 Å². The van der Waals surface area contributed by atoms with Crippen molar-refractivity contribution in [1.29, 1.82) is 0 Å². The molecular weight excluding hydrogens is 274 g/mol. The summed E-state index contributed by atoms with van der Waals surface area (Å²) in [5.41, 5.74) is 3.86. The highest BCUT2D eigenvalue weighted by atomic mass is 16.5. The van der Waals surface area contributed by atoms with Gasteiger partial charge in [0.1, 0.15) is 5.82 Å². The lowest BCUT2D eigenvalue weighted by Gasteiger charge is -2.41. The van der Waals surface area contributed by atoms with Gasteiger partial charge in [0.2, 0.25) is 0 Å². The lowest BCUT2D eigenvalue weighted by molar-refractivity contribution is -0.0174. The number of ether oxygens (including phenoxy) is 1. The van der Waals surface area contributed by atoms with Crippen LogP contribution in [-0.2, 0) is 28.5 Å². The quantitative estimate of drug-likeness (QED) is 0.739. The molecule has 0 aromatic carbocycles. The fourth-order valence-electron chi connectivity index (χ4n) is 3.33. The second-order valence-corrected chi connectivity index (χ2v) is 8.72. The molecule has 2 aliphatic heterocycles. The van der Waals surface area contributed by atoms with Gasteiger partial charge < -0.3 is 4.74 Å². The van der Waals surface area contributed by atoms with Crippen LogP contribution in [0.15, 0.2) is 0 Å². The number of nitrogens with zero attached hydrogens (tertiary/aromatic N) is 3. The molecule has 2 aliphatic rings. The molecule has 0 amide bonds. The van der Waals surface area contributed by atoms with Crippen LogP contribution in [0, 0.1) is 0 Å². The Labute approximate surface area is 134 Å². The SMILES string of the molecule is CC(C)(C)c1nc2c(c(C(C)(C)C)n1)CN1CCOCC1C2. The summed E-state index contributed by atoms with van der Waals surface area (Å²) in [6.45, 7) is 17.0. The van der Waals surface area contributed by atoms with Crippen molar-refractivity contribution in [2.75, 3.05) is 19.8 Å². The molecule has 0 saturated carbocycles. The maximum absolute atomic E-state index is 5.66. The molecule has 4 nitrogen and oxygen atoms in total. The van der Waals surface area contributed by atoms with Gasteiger partial charge in [0.25, 0.3) is 0 Å². The molecule has 22 heavy (non-hydrogen) atoms. The van der Waals surface area contributed by atoms with E-state index in [-0.39, 0.29) is 10.8 Å². The van der Waals surface area contributed by atoms with Crippen LogP contribution < -0.4 is 0 Å². The average molecular weight is 303 g/mol. The third-order valence-corrected chi connectivity index (χ3v) is 4.61. The summed E-state index contributed by atoms with van der Waals surface area (Å²) >= 11 is 0. The minimum Gasteiger partial charge on any atom is -0.378 e. The van der Waals surface area contributed by atoms with Gasteiger partial charge in [0.15, 0.2) is 0 Å². The van der Waals surface area contributed by atoms with Crippen molar-refractivity contribution in [3.05, 3.63) is 22.8 Å². The van der Waals surface area contributed by atoms with Crippen molar-refractivity contribution in [3.8, 4) is 0 Å². The lowest BCUT2D eigenvalue weighted by atomic mass is 9.84. The van der Waals surface area contributed by atoms with Gasteiger partial charge in [-0.3, -0.25) is 4.90 Å². The Hall–Kier alpha value is -1.00. The fraction of sp³-hybridized carbons (Fsp3) is 0.778. The lowest BCUT2D eigenvalue weighted by Crippen LogP contribution is -2.49. The molecule has 1 aromatic heterocycles. The molecule has 122 valence electrons. The van der Waals surface area contributed by atoms with E-state index in [1.807, 2.05) is 0 Å². The van der Waals surface area contributed by atoms with E-state index in [1.54, 1.807) is 0 Å². The smallest absolute Gasteiger partial charge is 0.134 e. The second-order valence-electron chi connectivity index (χ2n) is 8.72. The normalized spacial score (nSPS) is 23.1. The molecule has 3 rings (SSSR count). The predicted octanol–water partition coefficient (Wildman–Crippen LogP) is 2.83. The van der Waals surface area contributed by atoms with E-state index < -0.39 is 0 Å². The predicted molar refractivity (Wildman–Crippen MR) is 88.2 cm³/mol. The Kier molecular flexibility index (Phi) is 3.81. The van der Waals surface area contributed by atoms with E-state index >= 15 is 0 Å². The van der Waals surface area contributed by atoms with Crippen LogP contribution >= 0.6 is 0 Å². The summed E-state index contributed by atoms with van der Waals surface area (Å²) in [5.74, 6) is 0.973. The third kappa shape index (κ3) is 2.91. The van der Waals surface area contributed by atoms with Crippen molar-refractivity contribution >= 4 is 0 Å². The molecule has 4 heteroatoms. The molecule has 1 fully saturated rings. The molecule has 0 radical (unpaired) electrons. The number of rotatable bonds is 0. The van der Waals surface area contributed by atoms with Gasteiger partial charge in [-0.1, -0.05) is 41.5 Å². The van der Waals surface area contributed by atoms with Gasteiger partial charge in [-0.2, -0.15) is 0 Å². The zero-order valence-corrected chi connectivity index (χ0v) is 14.9. The van der Waals surface area contributed by atoms with E-state index in [0.29, 0.717) is 6.04 Å². The maximum atomic E-state index is 5.66. The van der Waals surface area contributed by atoms with E-state index in [4.69, 9.17) is 14.7 Å². The minimum atomic E-state index is -0.0186. The van der Waals surface area contributed by atoms with Crippen LogP contribution in [0.4, 0.5) is 0 Å². The standard InChI is InChI=1S/C18H29N3O/c1-17(2,3)15-13-10-21-7-8-22-11-12(21)9-14(13)19-16(20-15)18(4,5)6/h12H,7-11H2,1-6H3. The molecule has 1 atom stereocenters. The molecule has 3 heterocycles. The van der Waals surface area contributed by atoms with E-state index in [1.165, 1.54) is 17.0 Å². The first kappa shape index (κ1) is 15.9. The zero-order chi connectivity index (χ0) is 16.1. The average Bonchev–Trinajstić information content (AvgIpc) is 2.41. The maximum Gasteiger partial charge on any atom is 0.134 e. The summed E-state index contributed by atoms with van der Waals surface area (Å²) in [5, 5.41) is 0. The first-order valence-corrected chi connectivity index (χ1v) is 8.39. The molecule has 0 spiro atoms. The first-order chi connectivity index (χ1) is 10.2. The van der Waals surface area contributed by atoms with Crippen molar-refractivity contribution in [2.24, 2.45) is 0 Å². The van der Waals surface area contributed by atoms with Gasteiger partial charge in [-0.15, -0.1) is 0 Å². The van der Waals surface area contributed by atoms with Gasteiger partial charge >= 0.3 is 0 Å². The number of hydrogen-bond acceptors (Lipinski definition) is 4. The van der Waals surface area contributed by atoms with Gasteiger partial charge in [0.05, 0.1) is 24.6 Å². The number of fused-ring (bicyclic) bond motifs is 2. The van der Waals surface area contributed by atoms with Crippen molar-refractivity contribution < 1.29 is 4.74 Å². The van der Waals surface area contributed by atoms with Crippen molar-refractivity contribution in [1.82, 2.24) is 14.9 Å². The van der Waals surface area contributed by atoms with Crippen LogP contribution in [0.5, 0.6) is 0 Å². The Balaban J connectivity index is 2.10. The third-order valence-electron chi connectivity index (χ3n) is 4.61. The van der Waals surface area contributed by atoms with Crippen LogP contribution in [0.25, 0.3) is 0 Å². The van der Waals surface area contributed by atoms with Crippen molar-refractivity contribution in [2.45, 2.75) is 71.4 Å². The topological polar surface area (TPSA) is 38.2 Å². The molecule has 1 unspecified atom stereocenters. The molecule has 0 aliphatic carbocycles. The summed E-state index contributed by atoms with van der Waals surface area (Å²) in [6, 6.07) is 0.483. The van der Waals surface area contributed by atoms with E-state index in [9.17, 15) is 0 Å². The molecular formula is C18H29N3O. The van der Waals surface area contributed by atoms with Gasteiger partial charge in [-0.05, 0) is 0 Å². The Morgan fingerprint density at radius 3 is 2.41 bits per heavy atom. The molecule has 1 saturated heterocycles. The van der Waals surface area contributed by atoms with Crippen LogP contribution in [0.2, 0.25) is 0 Å². The zero-order valence-electron chi connectivity index (χ0n) is 14.9. The highest BCUT2D eigenvalue weighted by molar-refractivity contribution is 5.34. The summed E-state index contributed by atoms with van der Waals surface area (Å²) in [6.07, 6.45) is 0.990. The van der Waals surface area contributed by atoms with E-state index in [2.05, 4.69) is 46.4 Å². The Morgan fingerprint density at radius 2 is 1.77 bits per heavy atom. The highest BCUT2D eigenvalue weighted by Crippen LogP contribution is 2.33. The monoisotopic (exact) mass is 303 g/mol. The van der Waals surface area contributed by atoms with Gasteiger partial charge in [0, 0.05) is 41.9 Å². The number of aromatic nitrogens is 2. The number of morpholine rings is 1. The highest BCUT2D eigenvalue weighted by Gasteiger charge is 2.35. The van der Waals surface area contributed by atoms with Crippen LogP contribution in [0.1, 0.15) is 64.3 Å². The largest absolute Gasteiger partial charge is 0.378 e. The summed E-state index contributed by atoms with van der Waals surface area (Å²) in [4.78, 5) is 12.5. The Bertz CT molecular complexity index is 569. The molecule has 0 bridgehead atoms. The Morgan fingerprint density at radius 1 is 1.05 bits per heavy atom. The fourth-order valence-corrected chi connectivity index (χ4v) is 3.33. The van der Waals surface area contributed by atoms with E-state index in [0.717, 1.165) is 38.5 Å². The van der Waals surface area contributed by atoms with Gasteiger partial charge in [-0.25, -0.2) is 9.97 Å². The second kappa shape index (κ2) is 5.27. The number of hydrogen-bond donors (Lipinski definition) is 0. The first-order valence-electron chi connectivity index (χ1n) is 8.39. The summed E-state index contributed by atoms with van der Waals surface area (Å²) in [7, 11) is 0. The van der Waals surface area contributed by atoms with Crippen LogP contribution in [-0.4, -0.2) is 40.7 Å².